The molecule has 0 atom stereocenters. The molecule has 0 saturated heterocycles. The molecule has 105 heavy (non-hydrogen) atoms. The first-order chi connectivity index (χ1) is 51.6. The summed E-state index contributed by atoms with van der Waals surface area (Å²) in [7, 11) is 0. The zero-order valence-electron chi connectivity index (χ0n) is 55.6. The molecule has 0 bridgehead atoms. The standard InChI is InChI=1S/C22H11N4O.3C22H13N4/c1-23-15-9-14-12-25-11-13-7-8-17-16-5-3-4-6-19(16)27-22(17)21(13)26(25)20(14)18(10-15)24-2;1-23-18-11-17-14-25-13-16-9-6-10-19(15-7-4-3-5-8-15)21(16)26(25)22(17)20(12-18)24-2;1-23-19-10-18-14-25-13-17-9-8-16(15-6-4-3-5-7-15)11-21(17)26(25)22(18)20(12-19)24-2;1-23-19-11-18-14-25-13-17-10-16(15-6-4-3-5-7-15)8-9-21(17)26(25)22(18)20(12-19)24-2/h3-10,12H,11H2;3*3-12,14H,13H2/q4*+1. The summed E-state index contributed by atoms with van der Waals surface area (Å²) in [6.07, 6.45) is 8.10. The van der Waals surface area contributed by atoms with Gasteiger partial charge < -0.3 is 4.42 Å². The minimum Gasteiger partial charge on any atom is -0.454 e. The van der Waals surface area contributed by atoms with Gasteiger partial charge in [0.25, 0.3) is 0 Å². The van der Waals surface area contributed by atoms with Gasteiger partial charge in [-0.1, -0.05) is 140 Å². The first-order valence-electron chi connectivity index (χ1n) is 33.5. The van der Waals surface area contributed by atoms with Crippen LogP contribution in [0.15, 0.2) is 260 Å². The molecule has 17 aromatic rings. The van der Waals surface area contributed by atoms with E-state index in [1.165, 1.54) is 33.4 Å². The highest BCUT2D eigenvalue weighted by molar-refractivity contribution is 6.09. The summed E-state index contributed by atoms with van der Waals surface area (Å²) in [6, 6.07) is 76.6. The Bertz CT molecular complexity index is 7010. The Balaban J connectivity index is 0.0000000995. The van der Waals surface area contributed by atoms with Gasteiger partial charge in [-0.15, -0.1) is 37.5 Å². The van der Waals surface area contributed by atoms with Gasteiger partial charge in [-0.05, 0) is 119 Å². The maximum absolute atomic E-state index is 7.61. The van der Waals surface area contributed by atoms with Crippen LogP contribution in [0.3, 0.4) is 0 Å². The lowest BCUT2D eigenvalue weighted by Gasteiger charge is -2.08. The molecule has 0 N–H and O–H groups in total. The topological polar surface area (TPSA) is 83.3 Å². The summed E-state index contributed by atoms with van der Waals surface area (Å²) in [5, 5.41) is 5.85. The average molecular weight is 1350 g/mol. The lowest BCUT2D eigenvalue weighted by molar-refractivity contribution is -0.749. The minimum absolute atomic E-state index is 0.484. The first kappa shape index (κ1) is 61.6. The molecule has 4 aliphatic heterocycles. The van der Waals surface area contributed by atoms with Crippen molar-refractivity contribution in [2.24, 2.45) is 0 Å². The third kappa shape index (κ3) is 10.00. The van der Waals surface area contributed by atoms with E-state index in [9.17, 15) is 0 Å². The molecule has 5 aromatic heterocycles. The van der Waals surface area contributed by atoms with Gasteiger partial charge >= 0.3 is 0 Å². The molecule has 9 heterocycles. The monoisotopic (exact) mass is 1350 g/mol. The number of para-hydroxylation sites is 2. The Morgan fingerprint density at radius 1 is 0.286 bits per heavy atom. The molecule has 0 amide bonds. The van der Waals surface area contributed by atoms with Crippen molar-refractivity contribution in [3.8, 4) is 56.1 Å². The van der Waals surface area contributed by atoms with Crippen LogP contribution in [-0.2, 0) is 26.2 Å². The van der Waals surface area contributed by atoms with Crippen LogP contribution < -0.4 is 18.7 Å². The Morgan fingerprint density at radius 3 is 1.21 bits per heavy atom. The summed E-state index contributed by atoms with van der Waals surface area (Å²) >= 11 is 0. The Kier molecular flexibility index (Phi) is 14.4. The normalized spacial score (nSPS) is 11.8. The highest BCUT2D eigenvalue weighted by atomic mass is 16.3. The average Bonchev–Trinajstić information content (AvgIpc) is 1.57. The second-order valence-corrected chi connectivity index (χ2v) is 25.8. The zero-order chi connectivity index (χ0) is 71.1. The lowest BCUT2D eigenvalue weighted by Crippen LogP contribution is -2.36. The van der Waals surface area contributed by atoms with Crippen LogP contribution in [0.1, 0.15) is 22.3 Å². The molecule has 12 aromatic carbocycles. The number of hydrogen-bond donors (Lipinski definition) is 0. The number of rotatable bonds is 3. The molecule has 17 nitrogen and oxygen atoms in total. The zero-order valence-corrected chi connectivity index (χ0v) is 55.6. The van der Waals surface area contributed by atoms with E-state index in [2.05, 4.69) is 185 Å². The van der Waals surface area contributed by atoms with Crippen molar-refractivity contribution in [1.29, 1.82) is 0 Å². The molecule has 0 aliphatic carbocycles. The SMILES string of the molecule is [C-]#[N+]c1cc([N+]#[C-])c2c(c1)c[n+]1n2-c2c(ccc3c2oc2ccccc23)C1.[C-]#[N+]c1cc([N+]#[C-])c2c(c1)c[n+]1n2-c2c(cccc2-c2ccccc2)C1.[C-]#[N+]c1cc([N+]#[C-])c2c(c1)c[n+]1n2-c2cc(-c3ccccc3)ccc2C1.[C-]#[N+]c1cc([N+]#[C-])c2c(c1)c[n+]1n2-c2ccc(-c3ccccc3)cc2C1. The van der Waals surface area contributed by atoms with Crippen molar-refractivity contribution in [1.82, 2.24) is 18.7 Å². The van der Waals surface area contributed by atoms with Crippen molar-refractivity contribution < 1.29 is 23.1 Å². The number of nitrogens with zero attached hydrogens (tertiary/aromatic N) is 16. The van der Waals surface area contributed by atoms with Crippen molar-refractivity contribution in [3.63, 3.8) is 0 Å². The Labute approximate surface area is 600 Å². The predicted molar refractivity (Wildman–Crippen MR) is 404 cm³/mol. The van der Waals surface area contributed by atoms with Gasteiger partial charge in [0.1, 0.15) is 44.7 Å². The van der Waals surface area contributed by atoms with Crippen LogP contribution >= 0.6 is 0 Å². The van der Waals surface area contributed by atoms with Gasteiger partial charge in [-0.2, -0.15) is 0 Å². The summed E-state index contributed by atoms with van der Waals surface area (Å²) in [6.45, 7) is 62.4. The number of fused-ring (bicyclic) bond motifs is 24. The van der Waals surface area contributed by atoms with Crippen molar-refractivity contribution in [2.45, 2.75) is 26.2 Å². The summed E-state index contributed by atoms with van der Waals surface area (Å²) in [5.41, 5.74) is 25.4. The smallest absolute Gasteiger partial charge is 0.207 e. The Hall–Kier alpha value is -15.8. The van der Waals surface area contributed by atoms with E-state index in [4.69, 9.17) is 57.0 Å². The minimum atomic E-state index is 0.484. The predicted octanol–water partition coefficient (Wildman–Crippen LogP) is 20.4. The second kappa shape index (κ2) is 24.6. The highest BCUT2D eigenvalue weighted by Crippen LogP contribution is 2.44. The largest absolute Gasteiger partial charge is 0.454 e. The second-order valence-electron chi connectivity index (χ2n) is 25.8. The fourth-order valence-electron chi connectivity index (χ4n) is 15.4. The van der Waals surface area contributed by atoms with Crippen LogP contribution in [0.5, 0.6) is 0 Å². The number of aromatic nitrogens is 8. The van der Waals surface area contributed by atoms with Crippen molar-refractivity contribution in [3.05, 3.63) is 369 Å². The maximum Gasteiger partial charge on any atom is 0.207 e. The number of benzene rings is 12. The van der Waals surface area contributed by atoms with Crippen molar-refractivity contribution in [2.75, 3.05) is 0 Å². The van der Waals surface area contributed by atoms with Crippen molar-refractivity contribution >= 4 is 111 Å². The molecular formula is C88H50N16O+4. The molecule has 17 heteroatoms. The Morgan fingerprint density at radius 2 is 0.695 bits per heavy atom. The molecule has 21 rings (SSSR count). The lowest BCUT2D eigenvalue weighted by atomic mass is 10.0. The quantitative estimate of drug-likeness (QED) is 0.128. The third-order valence-electron chi connectivity index (χ3n) is 19.8. The molecule has 484 valence electrons. The third-order valence-corrected chi connectivity index (χ3v) is 19.8. The van der Waals surface area contributed by atoms with E-state index in [1.807, 2.05) is 122 Å². The van der Waals surface area contributed by atoms with Gasteiger partial charge in [0.2, 0.25) is 47.5 Å². The molecule has 0 spiro atoms. The fraction of sp³-hybridized carbons (Fsp3) is 0.0455. The van der Waals surface area contributed by atoms with Gasteiger partial charge in [0, 0.05) is 54.6 Å². The highest BCUT2D eigenvalue weighted by Gasteiger charge is 2.36. The number of furan rings is 1. The summed E-state index contributed by atoms with van der Waals surface area (Å²) in [5.74, 6) is 0. The van der Waals surface area contributed by atoms with E-state index in [-0.39, 0.29) is 0 Å². The van der Waals surface area contributed by atoms with Gasteiger partial charge in [0.15, 0.2) is 60.2 Å². The van der Waals surface area contributed by atoms with Crippen LogP contribution in [0.25, 0.3) is 160 Å². The molecule has 4 aliphatic rings. The molecule has 0 unspecified atom stereocenters. The summed E-state index contributed by atoms with van der Waals surface area (Å²) in [4.78, 5) is 28.8. The van der Waals surface area contributed by atoms with E-state index in [0.29, 0.717) is 52.0 Å². The first-order valence-corrected chi connectivity index (χ1v) is 33.5. The maximum atomic E-state index is 7.61. The number of hydrogen-bond acceptors (Lipinski definition) is 1. The van der Waals surface area contributed by atoms with Gasteiger partial charge in [-0.3, -0.25) is 0 Å². The van der Waals surface area contributed by atoms with E-state index in [1.54, 1.807) is 24.3 Å². The van der Waals surface area contributed by atoms with E-state index < -0.39 is 0 Å². The van der Waals surface area contributed by atoms with Crippen LogP contribution in [0.2, 0.25) is 0 Å². The summed E-state index contributed by atoms with van der Waals surface area (Å²) < 4.78 is 23.1. The molecule has 0 fully saturated rings. The molecular weight excluding hydrogens is 1300 g/mol. The molecule has 0 radical (unpaired) electrons. The molecule has 0 saturated carbocycles. The fourth-order valence-corrected chi connectivity index (χ4v) is 15.4. The van der Waals surface area contributed by atoms with Crippen LogP contribution in [-0.4, -0.2) is 18.7 Å². The van der Waals surface area contributed by atoms with Gasteiger partial charge in [0.05, 0.1) is 58.1 Å². The van der Waals surface area contributed by atoms with E-state index >= 15 is 0 Å². The van der Waals surface area contributed by atoms with Gasteiger partial charge in [-0.25, -0.2) is 38.8 Å². The van der Waals surface area contributed by atoms with E-state index in [0.717, 1.165) is 130 Å². The van der Waals surface area contributed by atoms with Crippen LogP contribution in [0.4, 0.5) is 45.5 Å². The van der Waals surface area contributed by atoms with Crippen LogP contribution in [0, 0.1) is 52.6 Å².